The number of benzene rings is 1. The Morgan fingerprint density at radius 1 is 1.28 bits per heavy atom. The van der Waals surface area contributed by atoms with Crippen molar-refractivity contribution in [2.75, 3.05) is 13.1 Å². The van der Waals surface area contributed by atoms with Crippen molar-refractivity contribution in [3.63, 3.8) is 0 Å². The molecule has 6 heteroatoms. The Bertz CT molecular complexity index is 849. The van der Waals surface area contributed by atoms with Gasteiger partial charge in [-0.05, 0) is 63.5 Å². The highest BCUT2D eigenvalue weighted by Crippen LogP contribution is 2.26. The van der Waals surface area contributed by atoms with Gasteiger partial charge in [0.05, 0.1) is 5.04 Å². The maximum Gasteiger partial charge on any atom is 0.157 e. The number of carbonyl (C=O) groups excluding carboxylic acids is 1. The minimum absolute atomic E-state index is 0.166. The lowest BCUT2D eigenvalue weighted by Crippen LogP contribution is -2.32. The molecular formula is C26H38ClN3OS. The van der Waals surface area contributed by atoms with Crippen molar-refractivity contribution in [3.8, 4) is 0 Å². The predicted molar refractivity (Wildman–Crippen MR) is 140 cm³/mol. The number of halogens is 1. The number of hydrogen-bond acceptors (Lipinski definition) is 4. The van der Waals surface area contributed by atoms with Crippen LogP contribution in [0, 0.1) is 11.3 Å². The summed E-state index contributed by atoms with van der Waals surface area (Å²) in [5, 5.41) is 10.4. The molecule has 1 aliphatic heterocycles. The molecule has 2 rings (SSSR count). The lowest BCUT2D eigenvalue weighted by Gasteiger charge is -2.24. The molecular weight excluding hydrogens is 438 g/mol. The first-order chi connectivity index (χ1) is 15.3. The summed E-state index contributed by atoms with van der Waals surface area (Å²) in [5.74, 6) is 2.18. The molecule has 0 spiro atoms. The zero-order chi connectivity index (χ0) is 23.5. The van der Waals surface area contributed by atoms with Gasteiger partial charge in [-0.2, -0.15) is 0 Å². The number of nitrogens with one attached hydrogen (secondary N) is 1. The normalized spacial score (nSPS) is 17.5. The first kappa shape index (κ1) is 26.7. The Morgan fingerprint density at radius 2 is 2.03 bits per heavy atom. The molecule has 32 heavy (non-hydrogen) atoms. The first-order valence-electron chi connectivity index (χ1n) is 11.9. The molecule has 0 radical (unpaired) electrons. The van der Waals surface area contributed by atoms with Crippen LogP contribution in [0.15, 0.2) is 35.0 Å². The summed E-state index contributed by atoms with van der Waals surface area (Å²) in [7, 11) is 0. The maximum absolute atomic E-state index is 11.8. The van der Waals surface area contributed by atoms with Crippen LogP contribution in [0.25, 0.3) is 0 Å². The van der Waals surface area contributed by atoms with E-state index in [0.29, 0.717) is 17.3 Å². The molecule has 1 heterocycles. The van der Waals surface area contributed by atoms with Crippen LogP contribution in [0.3, 0.4) is 0 Å². The van der Waals surface area contributed by atoms with Gasteiger partial charge < -0.3 is 4.90 Å². The van der Waals surface area contributed by atoms with Crippen molar-refractivity contribution in [1.82, 2.24) is 4.90 Å². The van der Waals surface area contributed by atoms with Crippen molar-refractivity contribution >= 4 is 40.0 Å². The monoisotopic (exact) mass is 475 g/mol. The molecule has 0 saturated heterocycles. The summed E-state index contributed by atoms with van der Waals surface area (Å²) >= 11 is 8.30. The quantitative estimate of drug-likeness (QED) is 0.297. The predicted octanol–water partition coefficient (Wildman–Crippen LogP) is 7.49. The highest BCUT2D eigenvalue weighted by molar-refractivity contribution is 8.13. The van der Waals surface area contributed by atoms with Gasteiger partial charge in [-0.15, -0.1) is 11.8 Å². The molecule has 0 bridgehead atoms. The number of carbonyl (C=O) groups is 1. The Hall–Kier alpha value is -1.59. The molecule has 0 aliphatic carbocycles. The van der Waals surface area contributed by atoms with Crippen molar-refractivity contribution in [2.24, 2.45) is 10.9 Å². The summed E-state index contributed by atoms with van der Waals surface area (Å²) in [5.41, 5.74) is 2.70. The first-order valence-corrected chi connectivity index (χ1v) is 13.2. The molecule has 1 aliphatic rings. The molecule has 176 valence electrons. The second-order valence-electron chi connectivity index (χ2n) is 8.64. The topological polar surface area (TPSA) is 56.5 Å². The van der Waals surface area contributed by atoms with Crippen molar-refractivity contribution < 1.29 is 4.79 Å². The fourth-order valence-corrected chi connectivity index (χ4v) is 5.09. The van der Waals surface area contributed by atoms with Crippen LogP contribution in [-0.4, -0.2) is 34.7 Å². The fourth-order valence-electron chi connectivity index (χ4n) is 3.69. The van der Waals surface area contributed by atoms with Crippen LogP contribution >= 0.6 is 23.4 Å². The molecule has 1 atom stereocenters. The minimum Gasteiger partial charge on any atom is -0.357 e. The number of allylic oxidation sites excluding steroid dienone is 2. The SMILES string of the molecule is CCC(C)CCCN(CC)C(=N)c1ccc(CSC2=N/C(C)=C\C(=O)CCCC2)c(Cl)c1. The van der Waals surface area contributed by atoms with Gasteiger partial charge in [0.2, 0.25) is 0 Å². The van der Waals surface area contributed by atoms with E-state index >= 15 is 0 Å². The van der Waals surface area contributed by atoms with Crippen molar-refractivity contribution in [2.45, 2.75) is 78.4 Å². The van der Waals surface area contributed by atoms with Gasteiger partial charge in [0, 0.05) is 47.6 Å². The fraction of sp³-hybridized carbons (Fsp3) is 0.577. The number of hydrogen-bond donors (Lipinski definition) is 1. The third-order valence-corrected chi connectivity index (χ3v) is 7.41. The third-order valence-electron chi connectivity index (χ3n) is 5.98. The minimum atomic E-state index is 0.166. The van der Waals surface area contributed by atoms with Gasteiger partial charge in [-0.3, -0.25) is 15.2 Å². The molecule has 0 saturated carbocycles. The van der Waals surface area contributed by atoms with E-state index in [9.17, 15) is 4.79 Å². The van der Waals surface area contributed by atoms with Crippen molar-refractivity contribution in [1.29, 1.82) is 5.41 Å². The van der Waals surface area contributed by atoms with E-state index in [0.717, 1.165) is 72.3 Å². The Balaban J connectivity index is 2.00. The molecule has 1 N–H and O–H groups in total. The van der Waals surface area contributed by atoms with E-state index in [2.05, 4.69) is 30.7 Å². The van der Waals surface area contributed by atoms with Crippen LogP contribution < -0.4 is 0 Å². The highest BCUT2D eigenvalue weighted by Gasteiger charge is 2.14. The third kappa shape index (κ3) is 8.74. The molecule has 1 unspecified atom stereocenters. The lowest BCUT2D eigenvalue weighted by atomic mass is 10.0. The summed E-state index contributed by atoms with van der Waals surface area (Å²) in [6.45, 7) is 10.2. The van der Waals surface area contributed by atoms with E-state index < -0.39 is 0 Å². The smallest absolute Gasteiger partial charge is 0.157 e. The Kier molecular flexibility index (Phi) is 11.5. The molecule has 0 aromatic heterocycles. The summed E-state index contributed by atoms with van der Waals surface area (Å²) in [4.78, 5) is 18.6. The molecule has 0 amide bonds. The van der Waals surface area contributed by atoms with Crippen LogP contribution in [0.5, 0.6) is 0 Å². The molecule has 4 nitrogen and oxygen atoms in total. The van der Waals surface area contributed by atoms with Gasteiger partial charge >= 0.3 is 0 Å². The zero-order valence-corrected chi connectivity index (χ0v) is 21.6. The second-order valence-corrected chi connectivity index (χ2v) is 10.1. The van der Waals surface area contributed by atoms with Crippen LogP contribution in [0.2, 0.25) is 5.02 Å². The summed E-state index contributed by atoms with van der Waals surface area (Å²) in [6, 6.07) is 5.97. The standard InChI is InChI=1S/C26H38ClN3OS/c1-5-19(3)10-9-15-30(6-2)26(28)21-13-14-22(24(27)17-21)18-32-25-12-8-7-11-23(31)16-20(4)29-25/h13-14,16-17,19,28H,5-12,15,18H2,1-4H3/b20-16-,28-26?,29-25?. The van der Waals surface area contributed by atoms with Gasteiger partial charge in [-0.25, -0.2) is 0 Å². The van der Waals surface area contributed by atoms with Gasteiger partial charge in [0.1, 0.15) is 5.84 Å². The second kappa shape index (κ2) is 13.8. The number of ketones is 1. The van der Waals surface area contributed by atoms with Gasteiger partial charge in [0.15, 0.2) is 5.78 Å². The van der Waals surface area contributed by atoms with E-state index in [1.165, 1.54) is 12.8 Å². The van der Waals surface area contributed by atoms with E-state index in [-0.39, 0.29) is 5.78 Å². The van der Waals surface area contributed by atoms with E-state index in [1.54, 1.807) is 17.8 Å². The average molecular weight is 476 g/mol. The van der Waals surface area contributed by atoms with Crippen LogP contribution in [0.4, 0.5) is 0 Å². The Labute approximate surface area is 203 Å². The number of rotatable bonds is 9. The average Bonchev–Trinajstić information content (AvgIpc) is 2.84. The molecule has 1 aromatic rings. The van der Waals surface area contributed by atoms with Gasteiger partial charge in [0.25, 0.3) is 0 Å². The Morgan fingerprint density at radius 3 is 2.72 bits per heavy atom. The van der Waals surface area contributed by atoms with Crippen LogP contribution in [-0.2, 0) is 10.5 Å². The molecule has 1 aromatic carbocycles. The summed E-state index contributed by atoms with van der Waals surface area (Å²) in [6.07, 6.45) is 8.55. The van der Waals surface area contributed by atoms with Crippen molar-refractivity contribution in [3.05, 3.63) is 46.1 Å². The summed E-state index contributed by atoms with van der Waals surface area (Å²) < 4.78 is 0. The highest BCUT2D eigenvalue weighted by atomic mass is 35.5. The number of amidine groups is 1. The molecule has 0 fully saturated rings. The maximum atomic E-state index is 11.8. The lowest BCUT2D eigenvalue weighted by molar-refractivity contribution is -0.114. The number of nitrogens with zero attached hydrogens (tertiary/aromatic N) is 2. The van der Waals surface area contributed by atoms with Crippen LogP contribution in [0.1, 0.15) is 83.8 Å². The van der Waals surface area contributed by atoms with E-state index in [1.807, 2.05) is 25.1 Å². The largest absolute Gasteiger partial charge is 0.357 e. The number of thioether (sulfide) groups is 1. The number of aliphatic imine (C=N–C) groups is 1. The van der Waals surface area contributed by atoms with E-state index in [4.69, 9.17) is 17.0 Å². The van der Waals surface area contributed by atoms with Gasteiger partial charge in [-0.1, -0.05) is 44.0 Å². The zero-order valence-electron chi connectivity index (χ0n) is 20.0.